The van der Waals surface area contributed by atoms with E-state index in [-0.39, 0.29) is 24.4 Å². The Morgan fingerprint density at radius 2 is 2.32 bits per heavy atom. The number of halogens is 2. The fourth-order valence-corrected chi connectivity index (χ4v) is 2.81. The highest BCUT2D eigenvalue weighted by Crippen LogP contribution is 2.17. The number of nitrogens with two attached hydrogens (primary N) is 1. The number of aryl methyl sites for hydroxylation is 1. The molecule has 1 aliphatic rings. The number of carbonyl (C=O) groups is 1. The van der Waals surface area contributed by atoms with Gasteiger partial charge in [-0.2, -0.15) is 0 Å². The second-order valence-electron chi connectivity index (χ2n) is 4.79. The lowest BCUT2D eigenvalue weighted by Gasteiger charge is -2.15. The molecule has 3 N–H and O–H groups in total. The Hall–Kier alpha value is -0.370. The average molecular weight is 396 g/mol. The summed E-state index contributed by atoms with van der Waals surface area (Å²) in [6.07, 6.45) is 0.982. The standard InChI is InChI=1S/C13H18IN3O.ClH/c1-9-6-10(14)2-3-12(9)16-13(18)8-17-5-4-11(15)7-17;/h2-3,6,11H,4-5,7-8,15H2,1H3,(H,16,18);1H. The minimum Gasteiger partial charge on any atom is -0.326 e. The number of rotatable bonds is 3. The van der Waals surface area contributed by atoms with Gasteiger partial charge in [0.2, 0.25) is 5.91 Å². The van der Waals surface area contributed by atoms with E-state index in [0.717, 1.165) is 30.8 Å². The summed E-state index contributed by atoms with van der Waals surface area (Å²) in [5, 5.41) is 2.95. The summed E-state index contributed by atoms with van der Waals surface area (Å²) in [6.45, 7) is 4.17. The highest BCUT2D eigenvalue weighted by atomic mass is 127. The van der Waals surface area contributed by atoms with Crippen molar-refractivity contribution in [2.75, 3.05) is 25.0 Å². The first-order valence-electron chi connectivity index (χ1n) is 6.08. The molecule has 0 saturated carbocycles. The van der Waals surface area contributed by atoms with E-state index in [9.17, 15) is 4.79 Å². The predicted molar refractivity (Wildman–Crippen MR) is 88.8 cm³/mol. The second-order valence-corrected chi connectivity index (χ2v) is 6.04. The zero-order valence-electron chi connectivity index (χ0n) is 10.9. The van der Waals surface area contributed by atoms with Crippen molar-refractivity contribution in [1.29, 1.82) is 0 Å². The van der Waals surface area contributed by atoms with Gasteiger partial charge < -0.3 is 11.1 Å². The number of hydrogen-bond acceptors (Lipinski definition) is 3. The molecule has 1 atom stereocenters. The van der Waals surface area contributed by atoms with E-state index in [2.05, 4.69) is 38.9 Å². The third-order valence-electron chi connectivity index (χ3n) is 3.14. The average Bonchev–Trinajstić information content (AvgIpc) is 2.68. The van der Waals surface area contributed by atoms with Crippen molar-refractivity contribution in [2.45, 2.75) is 19.4 Å². The molecule has 1 saturated heterocycles. The molecule has 6 heteroatoms. The third kappa shape index (κ3) is 4.91. The lowest BCUT2D eigenvalue weighted by atomic mass is 10.2. The number of nitrogens with one attached hydrogen (secondary N) is 1. The number of hydrogen-bond donors (Lipinski definition) is 2. The van der Waals surface area contributed by atoms with Gasteiger partial charge in [-0.1, -0.05) is 0 Å². The Balaban J connectivity index is 0.00000180. The van der Waals surface area contributed by atoms with Crippen molar-refractivity contribution in [1.82, 2.24) is 4.90 Å². The molecule has 2 rings (SSSR count). The molecule has 106 valence electrons. The van der Waals surface area contributed by atoms with E-state index < -0.39 is 0 Å². The number of amides is 1. The van der Waals surface area contributed by atoms with Crippen molar-refractivity contribution >= 4 is 46.6 Å². The fraction of sp³-hybridized carbons (Fsp3) is 0.462. The largest absolute Gasteiger partial charge is 0.326 e. The van der Waals surface area contributed by atoms with Gasteiger partial charge in [0.1, 0.15) is 0 Å². The molecule has 19 heavy (non-hydrogen) atoms. The van der Waals surface area contributed by atoms with Gasteiger partial charge in [-0.25, -0.2) is 0 Å². The highest BCUT2D eigenvalue weighted by molar-refractivity contribution is 14.1. The zero-order chi connectivity index (χ0) is 13.1. The van der Waals surface area contributed by atoms with Crippen LogP contribution in [0.5, 0.6) is 0 Å². The van der Waals surface area contributed by atoms with Crippen LogP contribution >= 0.6 is 35.0 Å². The number of anilines is 1. The van der Waals surface area contributed by atoms with Crippen LogP contribution in [0.2, 0.25) is 0 Å². The van der Waals surface area contributed by atoms with Crippen LogP contribution in [-0.4, -0.2) is 36.5 Å². The van der Waals surface area contributed by atoms with Gasteiger partial charge in [0.25, 0.3) is 0 Å². The number of benzene rings is 1. The van der Waals surface area contributed by atoms with Crippen molar-refractivity contribution in [3.8, 4) is 0 Å². The summed E-state index contributed by atoms with van der Waals surface area (Å²) in [5.74, 6) is 0.0356. The number of nitrogens with zero attached hydrogens (tertiary/aromatic N) is 1. The Labute approximate surface area is 133 Å². The Morgan fingerprint density at radius 1 is 1.58 bits per heavy atom. The minimum atomic E-state index is 0. The van der Waals surface area contributed by atoms with Gasteiger partial charge in [-0.15, -0.1) is 12.4 Å². The van der Waals surface area contributed by atoms with Crippen LogP contribution in [0.15, 0.2) is 18.2 Å². The maximum absolute atomic E-state index is 11.9. The molecule has 0 spiro atoms. The van der Waals surface area contributed by atoms with Gasteiger partial charge in [-0.05, 0) is 59.7 Å². The molecular weight excluding hydrogens is 377 g/mol. The topological polar surface area (TPSA) is 58.4 Å². The van der Waals surface area contributed by atoms with Crippen molar-refractivity contribution < 1.29 is 4.79 Å². The summed E-state index contributed by atoms with van der Waals surface area (Å²) in [4.78, 5) is 14.0. The second kappa shape index (κ2) is 7.42. The summed E-state index contributed by atoms with van der Waals surface area (Å²) < 4.78 is 1.17. The molecule has 0 radical (unpaired) electrons. The van der Waals surface area contributed by atoms with Gasteiger partial charge >= 0.3 is 0 Å². The normalized spacial score (nSPS) is 19.0. The maximum atomic E-state index is 11.9. The van der Waals surface area contributed by atoms with Crippen LogP contribution in [0, 0.1) is 10.5 Å². The summed E-state index contributed by atoms with van der Waals surface area (Å²) >= 11 is 2.26. The van der Waals surface area contributed by atoms with Gasteiger partial charge in [-0.3, -0.25) is 9.69 Å². The Morgan fingerprint density at radius 3 is 2.89 bits per heavy atom. The number of carbonyl (C=O) groups excluding carboxylic acids is 1. The molecular formula is C13H19ClIN3O. The molecule has 1 fully saturated rings. The van der Waals surface area contributed by atoms with E-state index in [0.29, 0.717) is 6.54 Å². The summed E-state index contributed by atoms with van der Waals surface area (Å²) in [5.41, 5.74) is 7.80. The van der Waals surface area contributed by atoms with E-state index in [1.807, 2.05) is 19.1 Å². The Bertz CT molecular complexity index is 456. The molecule has 4 nitrogen and oxygen atoms in total. The lowest BCUT2D eigenvalue weighted by Crippen LogP contribution is -2.33. The maximum Gasteiger partial charge on any atom is 0.238 e. The van der Waals surface area contributed by atoms with Crippen molar-refractivity contribution in [2.24, 2.45) is 5.73 Å². The van der Waals surface area contributed by atoms with Crippen LogP contribution in [0.25, 0.3) is 0 Å². The first-order valence-corrected chi connectivity index (χ1v) is 7.16. The van der Waals surface area contributed by atoms with E-state index >= 15 is 0 Å². The van der Waals surface area contributed by atoms with Crippen molar-refractivity contribution in [3.63, 3.8) is 0 Å². The fourth-order valence-electron chi connectivity index (χ4n) is 2.17. The lowest BCUT2D eigenvalue weighted by molar-refractivity contribution is -0.117. The van der Waals surface area contributed by atoms with Gasteiger partial charge in [0.15, 0.2) is 0 Å². The van der Waals surface area contributed by atoms with Gasteiger partial charge in [0, 0.05) is 28.4 Å². The zero-order valence-corrected chi connectivity index (χ0v) is 13.8. The van der Waals surface area contributed by atoms with Crippen molar-refractivity contribution in [3.05, 3.63) is 27.3 Å². The van der Waals surface area contributed by atoms with Crippen LogP contribution in [0.3, 0.4) is 0 Å². The van der Waals surface area contributed by atoms with E-state index in [1.165, 1.54) is 3.57 Å². The molecule has 1 unspecified atom stereocenters. The van der Waals surface area contributed by atoms with E-state index in [1.54, 1.807) is 0 Å². The first kappa shape index (κ1) is 16.7. The molecule has 1 amide bonds. The van der Waals surface area contributed by atoms with Crippen LogP contribution in [0.4, 0.5) is 5.69 Å². The van der Waals surface area contributed by atoms with E-state index in [4.69, 9.17) is 5.73 Å². The molecule has 0 aromatic heterocycles. The van der Waals surface area contributed by atoms with Crippen LogP contribution in [0.1, 0.15) is 12.0 Å². The molecule has 1 aromatic carbocycles. The number of likely N-dealkylation sites (tertiary alicyclic amines) is 1. The minimum absolute atomic E-state index is 0. The molecule has 1 aromatic rings. The third-order valence-corrected chi connectivity index (χ3v) is 3.81. The summed E-state index contributed by atoms with van der Waals surface area (Å²) in [6, 6.07) is 6.22. The van der Waals surface area contributed by atoms with Gasteiger partial charge in [0.05, 0.1) is 6.54 Å². The van der Waals surface area contributed by atoms with Crippen LogP contribution < -0.4 is 11.1 Å². The quantitative estimate of drug-likeness (QED) is 0.770. The molecule has 1 heterocycles. The monoisotopic (exact) mass is 395 g/mol. The summed E-state index contributed by atoms with van der Waals surface area (Å²) in [7, 11) is 0. The predicted octanol–water partition coefficient (Wildman–Crippen LogP) is 1.99. The Kier molecular flexibility index (Phi) is 6.52. The molecule has 1 aliphatic heterocycles. The molecule has 0 bridgehead atoms. The smallest absolute Gasteiger partial charge is 0.238 e. The first-order chi connectivity index (χ1) is 8.54. The molecule has 0 aliphatic carbocycles. The highest BCUT2D eigenvalue weighted by Gasteiger charge is 2.21. The SMILES string of the molecule is Cc1cc(I)ccc1NC(=O)CN1CCC(N)C1.Cl. The van der Waals surface area contributed by atoms with Crippen LogP contribution in [-0.2, 0) is 4.79 Å².